The van der Waals surface area contributed by atoms with Crippen LogP contribution in [0.2, 0.25) is 5.02 Å². The number of alkyl carbamates (subject to hydrolysis) is 1. The second kappa shape index (κ2) is 13.9. The number of nitrogens with one attached hydrogen (secondary N) is 2. The number of carbonyl (C=O) groups is 3. The van der Waals surface area contributed by atoms with E-state index in [0.717, 1.165) is 24.8 Å². The Hall–Kier alpha value is -3.26. The van der Waals surface area contributed by atoms with E-state index in [4.69, 9.17) is 16.3 Å². The van der Waals surface area contributed by atoms with Crippen molar-refractivity contribution in [1.82, 2.24) is 10.2 Å². The van der Waals surface area contributed by atoms with E-state index in [1.807, 2.05) is 13.0 Å². The molecule has 0 aliphatic heterocycles. The summed E-state index contributed by atoms with van der Waals surface area (Å²) in [5.74, 6) is -1.13. The smallest absolute Gasteiger partial charge is 0.408 e. The summed E-state index contributed by atoms with van der Waals surface area (Å²) in [7, 11) is 0. The standard InChI is InChI=1S/C28H38ClN3O5/c1-6-7-8-11-17-32(23(34)18-30-27(36)37-28(3,4)5)25(20-14-9-10-16-22(20)33)26(35)31-24-19(2)13-12-15-21(24)29/h9-10,12-16,25,33H,6-8,11,17-18H2,1-5H3,(H,30,36)(H,31,35). The molecule has 2 aromatic rings. The monoisotopic (exact) mass is 531 g/mol. The van der Waals surface area contributed by atoms with Gasteiger partial charge in [0.25, 0.3) is 5.91 Å². The Morgan fingerprint density at radius 3 is 2.38 bits per heavy atom. The summed E-state index contributed by atoms with van der Waals surface area (Å²) in [6, 6.07) is 10.5. The molecule has 0 aliphatic carbocycles. The van der Waals surface area contributed by atoms with Gasteiger partial charge in [-0.15, -0.1) is 0 Å². The molecule has 0 heterocycles. The first-order valence-electron chi connectivity index (χ1n) is 12.5. The summed E-state index contributed by atoms with van der Waals surface area (Å²) in [6.07, 6.45) is 2.75. The molecule has 0 saturated carbocycles. The average Bonchev–Trinajstić information content (AvgIpc) is 2.81. The van der Waals surface area contributed by atoms with Crippen LogP contribution in [-0.4, -0.2) is 46.6 Å². The lowest BCUT2D eigenvalue weighted by Gasteiger charge is -2.32. The molecule has 1 unspecified atom stereocenters. The van der Waals surface area contributed by atoms with Gasteiger partial charge in [0.2, 0.25) is 5.91 Å². The minimum absolute atomic E-state index is 0.120. The van der Waals surface area contributed by atoms with Crippen molar-refractivity contribution in [2.24, 2.45) is 0 Å². The number of halogens is 1. The minimum Gasteiger partial charge on any atom is -0.508 e. The number of hydrogen-bond acceptors (Lipinski definition) is 5. The topological polar surface area (TPSA) is 108 Å². The summed E-state index contributed by atoms with van der Waals surface area (Å²) >= 11 is 6.35. The molecule has 9 heteroatoms. The third kappa shape index (κ3) is 9.28. The number of nitrogens with zero attached hydrogens (tertiary/aromatic N) is 1. The number of carbonyl (C=O) groups excluding carboxylic acids is 3. The van der Waals surface area contributed by atoms with Crippen LogP contribution in [0.25, 0.3) is 0 Å². The van der Waals surface area contributed by atoms with Gasteiger partial charge < -0.3 is 25.4 Å². The van der Waals surface area contributed by atoms with Gasteiger partial charge in [0.15, 0.2) is 0 Å². The number of hydrogen-bond donors (Lipinski definition) is 3. The number of amides is 3. The number of rotatable bonds is 11. The molecule has 0 aliphatic rings. The Labute approximate surface area is 224 Å². The molecule has 0 radical (unpaired) electrons. The second-order valence-electron chi connectivity index (χ2n) is 9.89. The summed E-state index contributed by atoms with van der Waals surface area (Å²) in [4.78, 5) is 40.8. The van der Waals surface area contributed by atoms with E-state index < -0.39 is 29.6 Å². The van der Waals surface area contributed by atoms with Crippen LogP contribution in [0.15, 0.2) is 42.5 Å². The van der Waals surface area contributed by atoms with Gasteiger partial charge in [-0.1, -0.05) is 68.1 Å². The minimum atomic E-state index is -1.16. The maximum atomic E-state index is 13.7. The van der Waals surface area contributed by atoms with Gasteiger partial charge in [-0.05, 0) is 51.8 Å². The zero-order valence-corrected chi connectivity index (χ0v) is 23.0. The fourth-order valence-electron chi connectivity index (χ4n) is 3.82. The highest BCUT2D eigenvalue weighted by atomic mass is 35.5. The fraction of sp³-hybridized carbons (Fsp3) is 0.464. The van der Waals surface area contributed by atoms with E-state index in [9.17, 15) is 19.5 Å². The Kier molecular flexibility index (Phi) is 11.2. The highest BCUT2D eigenvalue weighted by molar-refractivity contribution is 6.34. The molecule has 3 N–H and O–H groups in total. The maximum Gasteiger partial charge on any atom is 0.408 e. The molecule has 0 spiro atoms. The van der Waals surface area contributed by atoms with Crippen LogP contribution in [0.3, 0.4) is 0 Å². The molecule has 3 amide bonds. The van der Waals surface area contributed by atoms with Crippen molar-refractivity contribution in [3.05, 3.63) is 58.6 Å². The zero-order valence-electron chi connectivity index (χ0n) is 22.3. The molecule has 37 heavy (non-hydrogen) atoms. The van der Waals surface area contributed by atoms with E-state index in [1.54, 1.807) is 51.1 Å². The summed E-state index contributed by atoms with van der Waals surface area (Å²) < 4.78 is 5.24. The van der Waals surface area contributed by atoms with Crippen LogP contribution in [0.5, 0.6) is 5.75 Å². The molecule has 8 nitrogen and oxygen atoms in total. The number of anilines is 1. The zero-order chi connectivity index (χ0) is 27.6. The van der Waals surface area contributed by atoms with Crippen molar-refractivity contribution in [3.63, 3.8) is 0 Å². The average molecular weight is 532 g/mol. The Bertz CT molecular complexity index is 1060. The van der Waals surface area contributed by atoms with Crippen LogP contribution in [0, 0.1) is 6.92 Å². The van der Waals surface area contributed by atoms with Gasteiger partial charge in [0.05, 0.1) is 10.7 Å². The van der Waals surface area contributed by atoms with Gasteiger partial charge in [-0.2, -0.15) is 0 Å². The van der Waals surface area contributed by atoms with Crippen molar-refractivity contribution >= 4 is 35.2 Å². The van der Waals surface area contributed by atoms with Crippen LogP contribution < -0.4 is 10.6 Å². The van der Waals surface area contributed by atoms with Gasteiger partial charge in [-0.25, -0.2) is 4.79 Å². The molecule has 0 bridgehead atoms. The quantitative estimate of drug-likeness (QED) is 0.310. The van der Waals surface area contributed by atoms with Crippen molar-refractivity contribution < 1.29 is 24.2 Å². The van der Waals surface area contributed by atoms with Crippen LogP contribution in [0.1, 0.15) is 70.5 Å². The van der Waals surface area contributed by atoms with Gasteiger partial charge in [-0.3, -0.25) is 9.59 Å². The lowest BCUT2D eigenvalue weighted by atomic mass is 10.0. The van der Waals surface area contributed by atoms with Crippen molar-refractivity contribution in [1.29, 1.82) is 0 Å². The SMILES string of the molecule is CCCCCCN(C(=O)CNC(=O)OC(C)(C)C)C(C(=O)Nc1c(C)cccc1Cl)c1ccccc1O. The molecular formula is C28H38ClN3O5. The third-order valence-corrected chi connectivity index (χ3v) is 5.93. The first kappa shape index (κ1) is 30.0. The normalized spacial score (nSPS) is 11.9. The highest BCUT2D eigenvalue weighted by Gasteiger charge is 2.34. The molecule has 1 atom stereocenters. The summed E-state index contributed by atoms with van der Waals surface area (Å²) in [5.41, 5.74) is 0.729. The molecule has 202 valence electrons. The second-order valence-corrected chi connectivity index (χ2v) is 10.3. The number of aromatic hydroxyl groups is 1. The highest BCUT2D eigenvalue weighted by Crippen LogP contribution is 2.32. The van der Waals surface area contributed by atoms with E-state index in [2.05, 4.69) is 17.6 Å². The predicted molar refractivity (Wildman–Crippen MR) is 146 cm³/mol. The number of aryl methyl sites for hydroxylation is 1. The van der Waals surface area contributed by atoms with Crippen LogP contribution in [0.4, 0.5) is 10.5 Å². The van der Waals surface area contributed by atoms with Crippen LogP contribution in [-0.2, 0) is 14.3 Å². The van der Waals surface area contributed by atoms with E-state index >= 15 is 0 Å². The number of para-hydroxylation sites is 2. The first-order valence-corrected chi connectivity index (χ1v) is 12.9. The van der Waals surface area contributed by atoms with E-state index in [-0.39, 0.29) is 24.4 Å². The van der Waals surface area contributed by atoms with Crippen molar-refractivity contribution in [2.75, 3.05) is 18.4 Å². The fourth-order valence-corrected chi connectivity index (χ4v) is 4.09. The summed E-state index contributed by atoms with van der Waals surface area (Å²) in [6.45, 7) is 8.96. The number of ether oxygens (including phenoxy) is 1. The van der Waals surface area contributed by atoms with Gasteiger partial charge in [0.1, 0.15) is 23.9 Å². The first-order chi connectivity index (χ1) is 17.4. The number of phenolic OH excluding ortho intramolecular Hbond substituents is 1. The van der Waals surface area contributed by atoms with Gasteiger partial charge >= 0.3 is 6.09 Å². The lowest BCUT2D eigenvalue weighted by Crippen LogP contribution is -2.47. The lowest BCUT2D eigenvalue weighted by molar-refractivity contribution is -0.138. The Morgan fingerprint density at radius 2 is 1.76 bits per heavy atom. The molecule has 0 aromatic heterocycles. The predicted octanol–water partition coefficient (Wildman–Crippen LogP) is 5.97. The largest absolute Gasteiger partial charge is 0.508 e. The van der Waals surface area contributed by atoms with E-state index in [1.165, 1.54) is 11.0 Å². The number of phenols is 1. The number of benzene rings is 2. The van der Waals surface area contributed by atoms with Crippen LogP contribution >= 0.6 is 11.6 Å². The number of unbranched alkanes of at least 4 members (excludes halogenated alkanes) is 3. The molecule has 0 fully saturated rings. The van der Waals surface area contributed by atoms with Crippen molar-refractivity contribution in [2.45, 2.75) is 71.9 Å². The molecule has 2 rings (SSSR count). The molecular weight excluding hydrogens is 494 g/mol. The molecule has 0 saturated heterocycles. The Balaban J connectivity index is 2.41. The molecule has 2 aromatic carbocycles. The maximum absolute atomic E-state index is 13.7. The Morgan fingerprint density at radius 1 is 1.05 bits per heavy atom. The summed E-state index contributed by atoms with van der Waals surface area (Å²) in [5, 5.41) is 16.3. The van der Waals surface area contributed by atoms with Crippen molar-refractivity contribution in [3.8, 4) is 5.75 Å². The van der Waals surface area contributed by atoms with Gasteiger partial charge in [0, 0.05) is 12.1 Å². The van der Waals surface area contributed by atoms with E-state index in [0.29, 0.717) is 17.1 Å². The third-order valence-electron chi connectivity index (χ3n) is 5.62.